The zero-order valence-electron chi connectivity index (χ0n) is 13.9. The lowest BCUT2D eigenvalue weighted by Crippen LogP contribution is -2.05. The summed E-state index contributed by atoms with van der Waals surface area (Å²) in [5.41, 5.74) is 1.56. The Balaban J connectivity index is 3.03. The first-order chi connectivity index (χ1) is 11.7. The molecule has 0 amide bonds. The van der Waals surface area contributed by atoms with E-state index in [2.05, 4.69) is 0 Å². The molecule has 0 aromatic heterocycles. The van der Waals surface area contributed by atoms with E-state index in [1.807, 2.05) is 0 Å². The van der Waals surface area contributed by atoms with Gasteiger partial charge in [-0.15, -0.1) is 0 Å². The van der Waals surface area contributed by atoms with Gasteiger partial charge in [-0.05, 0) is 5.56 Å². The second-order valence-corrected chi connectivity index (χ2v) is 4.74. The largest absolute Gasteiger partial charge is 0.492 e. The van der Waals surface area contributed by atoms with Crippen LogP contribution < -0.4 is 18.9 Å². The number of carbonyl (C=O) groups excluding carboxylic acids is 2. The molecule has 126 valence electrons. The van der Waals surface area contributed by atoms with Crippen LogP contribution in [0.3, 0.4) is 0 Å². The average molecular weight is 330 g/mol. The Bertz CT molecular complexity index is 767. The number of hydrogen-bond donors (Lipinski definition) is 0. The van der Waals surface area contributed by atoms with Gasteiger partial charge in [-0.2, -0.15) is 0 Å². The molecule has 0 aliphatic heterocycles. The Morgan fingerprint density at radius 3 is 1.75 bits per heavy atom. The van der Waals surface area contributed by atoms with Gasteiger partial charge in [0.15, 0.2) is 24.1 Å². The van der Waals surface area contributed by atoms with Gasteiger partial charge in [0.05, 0.1) is 34.0 Å². The molecule has 0 radical (unpaired) electrons. The Hall–Kier alpha value is -3.02. The number of carbonyl (C=O) groups is 2. The minimum Gasteiger partial charge on any atom is -0.492 e. The minimum atomic E-state index is 0.209. The van der Waals surface area contributed by atoms with Crippen molar-refractivity contribution in [1.29, 1.82) is 0 Å². The third kappa shape index (κ3) is 2.67. The molecule has 0 N–H and O–H groups in total. The monoisotopic (exact) mass is 330 g/mol. The summed E-state index contributed by atoms with van der Waals surface area (Å²) in [6, 6.07) is 6.87. The number of aldehydes is 2. The summed E-state index contributed by atoms with van der Waals surface area (Å²) < 4.78 is 21.6. The van der Waals surface area contributed by atoms with Crippen LogP contribution in [0.4, 0.5) is 0 Å². The number of rotatable bonds is 7. The highest BCUT2D eigenvalue weighted by Gasteiger charge is 2.28. The molecule has 0 spiro atoms. The maximum atomic E-state index is 11.8. The fraction of sp³-hybridized carbons (Fsp3) is 0.222. The normalized spacial score (nSPS) is 10.0. The highest BCUT2D eigenvalue weighted by Crippen LogP contribution is 2.52. The van der Waals surface area contributed by atoms with Crippen LogP contribution in [0.5, 0.6) is 23.0 Å². The van der Waals surface area contributed by atoms with Crippen molar-refractivity contribution in [1.82, 2.24) is 0 Å². The first-order valence-corrected chi connectivity index (χ1v) is 7.08. The molecule has 0 aliphatic rings. The Morgan fingerprint density at radius 2 is 1.25 bits per heavy atom. The Labute approximate surface area is 139 Å². The average Bonchev–Trinajstić information content (AvgIpc) is 2.64. The summed E-state index contributed by atoms with van der Waals surface area (Å²) in [6.07, 6.45) is 1.35. The molecule has 0 fully saturated rings. The van der Waals surface area contributed by atoms with Gasteiger partial charge in [-0.1, -0.05) is 24.3 Å². The fourth-order valence-electron chi connectivity index (χ4n) is 2.65. The minimum absolute atomic E-state index is 0.209. The van der Waals surface area contributed by atoms with Crippen molar-refractivity contribution < 1.29 is 28.5 Å². The lowest BCUT2D eigenvalue weighted by atomic mass is 9.93. The molecule has 6 heteroatoms. The Morgan fingerprint density at radius 1 is 0.708 bits per heavy atom. The molecule has 0 saturated carbocycles. The van der Waals surface area contributed by atoms with Gasteiger partial charge in [0.2, 0.25) is 11.5 Å². The summed E-state index contributed by atoms with van der Waals surface area (Å²) in [4.78, 5) is 23.2. The predicted molar refractivity (Wildman–Crippen MR) is 88.9 cm³/mol. The van der Waals surface area contributed by atoms with Crippen LogP contribution in [0.25, 0.3) is 11.1 Å². The molecule has 24 heavy (non-hydrogen) atoms. The molecule has 0 aliphatic carbocycles. The zero-order valence-corrected chi connectivity index (χ0v) is 13.9. The smallest absolute Gasteiger partial charge is 0.208 e. The van der Waals surface area contributed by atoms with Crippen molar-refractivity contribution in [3.63, 3.8) is 0 Å². The van der Waals surface area contributed by atoms with E-state index >= 15 is 0 Å². The fourth-order valence-corrected chi connectivity index (χ4v) is 2.65. The quantitative estimate of drug-likeness (QED) is 0.727. The number of benzene rings is 2. The highest BCUT2D eigenvalue weighted by atomic mass is 16.5. The second kappa shape index (κ2) is 7.50. The van der Waals surface area contributed by atoms with Gasteiger partial charge >= 0.3 is 0 Å². The van der Waals surface area contributed by atoms with E-state index < -0.39 is 0 Å². The van der Waals surface area contributed by atoms with Crippen LogP contribution in [0.2, 0.25) is 0 Å². The zero-order chi connectivity index (χ0) is 17.7. The SMILES string of the molecule is COc1c(C=O)c(-c2ccccc2C=O)c(OC)c(OC)c1OC. The summed E-state index contributed by atoms with van der Waals surface area (Å²) in [5.74, 6) is 1.01. The summed E-state index contributed by atoms with van der Waals surface area (Å²) in [7, 11) is 5.76. The van der Waals surface area contributed by atoms with Crippen LogP contribution in [-0.2, 0) is 0 Å². The maximum Gasteiger partial charge on any atom is 0.208 e. The van der Waals surface area contributed by atoms with E-state index in [0.29, 0.717) is 29.3 Å². The lowest BCUT2D eigenvalue weighted by molar-refractivity contribution is 0.111. The standard InChI is InChI=1S/C18H18O6/c1-21-15-13(10-20)14(12-8-6-5-7-11(12)9-19)16(22-2)18(24-4)17(15)23-3/h5-10H,1-4H3. The third-order valence-corrected chi connectivity index (χ3v) is 3.65. The molecule has 2 rings (SSSR count). The van der Waals surface area contributed by atoms with Crippen molar-refractivity contribution in [2.24, 2.45) is 0 Å². The maximum absolute atomic E-state index is 11.8. The lowest BCUT2D eigenvalue weighted by Gasteiger charge is -2.21. The second-order valence-electron chi connectivity index (χ2n) is 4.74. The van der Waals surface area contributed by atoms with Crippen molar-refractivity contribution in [2.45, 2.75) is 0 Å². The van der Waals surface area contributed by atoms with Crippen LogP contribution in [-0.4, -0.2) is 41.0 Å². The summed E-state index contributed by atoms with van der Waals surface area (Å²) >= 11 is 0. The van der Waals surface area contributed by atoms with Crippen molar-refractivity contribution in [3.8, 4) is 34.1 Å². The summed E-state index contributed by atoms with van der Waals surface area (Å²) in [6.45, 7) is 0. The molecule has 6 nitrogen and oxygen atoms in total. The molecule has 0 saturated heterocycles. The van der Waals surface area contributed by atoms with Gasteiger partial charge in [0.25, 0.3) is 0 Å². The van der Waals surface area contributed by atoms with E-state index in [9.17, 15) is 9.59 Å². The molecular weight excluding hydrogens is 312 g/mol. The number of methoxy groups -OCH3 is 4. The van der Waals surface area contributed by atoms with Crippen LogP contribution in [0.15, 0.2) is 24.3 Å². The molecular formula is C18H18O6. The number of hydrogen-bond acceptors (Lipinski definition) is 6. The van der Waals surface area contributed by atoms with E-state index in [4.69, 9.17) is 18.9 Å². The molecule has 0 bridgehead atoms. The van der Waals surface area contributed by atoms with Crippen LogP contribution in [0, 0.1) is 0 Å². The van der Waals surface area contributed by atoms with E-state index in [1.54, 1.807) is 24.3 Å². The van der Waals surface area contributed by atoms with Crippen molar-refractivity contribution in [2.75, 3.05) is 28.4 Å². The topological polar surface area (TPSA) is 71.1 Å². The van der Waals surface area contributed by atoms with Gasteiger partial charge in [0, 0.05) is 11.1 Å². The van der Waals surface area contributed by atoms with Gasteiger partial charge in [0.1, 0.15) is 0 Å². The van der Waals surface area contributed by atoms with Gasteiger partial charge < -0.3 is 18.9 Å². The Kier molecular flexibility index (Phi) is 5.42. The van der Waals surface area contributed by atoms with Crippen LogP contribution >= 0.6 is 0 Å². The highest BCUT2D eigenvalue weighted by molar-refractivity contribution is 6.01. The van der Waals surface area contributed by atoms with Crippen molar-refractivity contribution in [3.05, 3.63) is 35.4 Å². The third-order valence-electron chi connectivity index (χ3n) is 3.65. The summed E-state index contributed by atoms with van der Waals surface area (Å²) in [5, 5.41) is 0. The van der Waals surface area contributed by atoms with Crippen molar-refractivity contribution >= 4 is 12.6 Å². The van der Waals surface area contributed by atoms with E-state index in [-0.39, 0.29) is 28.6 Å². The number of ether oxygens (including phenoxy) is 4. The molecule has 0 atom stereocenters. The molecule has 0 heterocycles. The predicted octanol–water partition coefficient (Wildman–Crippen LogP) is 3.01. The first-order valence-electron chi connectivity index (χ1n) is 7.08. The molecule has 2 aromatic rings. The first kappa shape index (κ1) is 17.3. The van der Waals surface area contributed by atoms with Gasteiger partial charge in [-0.25, -0.2) is 0 Å². The van der Waals surface area contributed by atoms with E-state index in [0.717, 1.165) is 0 Å². The molecule has 0 unspecified atom stereocenters. The van der Waals surface area contributed by atoms with Crippen LogP contribution in [0.1, 0.15) is 20.7 Å². The molecule has 2 aromatic carbocycles. The van der Waals surface area contributed by atoms with Gasteiger partial charge in [-0.3, -0.25) is 9.59 Å². The van der Waals surface area contributed by atoms with E-state index in [1.165, 1.54) is 28.4 Å².